The minimum absolute atomic E-state index is 0.205. The third-order valence-corrected chi connectivity index (χ3v) is 4.55. The predicted octanol–water partition coefficient (Wildman–Crippen LogP) is 3.87. The average molecular weight is 385 g/mol. The van der Waals surface area contributed by atoms with Gasteiger partial charge in [-0.1, -0.05) is 17.7 Å². The molecule has 0 atom stereocenters. The van der Waals surface area contributed by atoms with Crippen LogP contribution in [0, 0.1) is 11.3 Å². The number of hydrogen-bond acceptors (Lipinski definition) is 4. The Balaban J connectivity index is 2.04. The third-order valence-electron chi connectivity index (χ3n) is 3.31. The van der Waals surface area contributed by atoms with Crippen LogP contribution in [0.4, 0.5) is 13.2 Å². The monoisotopic (exact) mass is 384 g/mol. The highest BCUT2D eigenvalue weighted by atomic mass is 35.5. The summed E-state index contributed by atoms with van der Waals surface area (Å²) < 4.78 is 40.5. The van der Waals surface area contributed by atoms with Gasteiger partial charge in [0, 0.05) is 11.1 Å². The van der Waals surface area contributed by atoms with E-state index in [2.05, 4.69) is 10.3 Å². The Hall–Kier alpha value is -2.57. The molecular formula is C15H8ClF3N4OS. The summed E-state index contributed by atoms with van der Waals surface area (Å²) in [5, 5.41) is 13.0. The molecule has 0 bridgehead atoms. The number of fused-ring (bicyclic) bond motifs is 1. The molecule has 0 spiro atoms. The number of imidazole rings is 1. The van der Waals surface area contributed by atoms with E-state index in [0.29, 0.717) is 6.07 Å². The molecule has 0 aromatic carbocycles. The van der Waals surface area contributed by atoms with Crippen molar-refractivity contribution >= 4 is 34.5 Å². The lowest BCUT2D eigenvalue weighted by atomic mass is 10.2. The number of halogens is 4. The maximum Gasteiger partial charge on any atom is 0.420 e. The van der Waals surface area contributed by atoms with E-state index in [1.54, 1.807) is 12.1 Å². The van der Waals surface area contributed by atoms with Gasteiger partial charge in [0.1, 0.15) is 16.8 Å². The lowest BCUT2D eigenvalue weighted by Gasteiger charge is -2.08. The number of nitrogens with zero attached hydrogens (tertiary/aromatic N) is 3. The summed E-state index contributed by atoms with van der Waals surface area (Å²) in [4.78, 5) is 16.9. The topological polar surface area (TPSA) is 70.2 Å². The minimum atomic E-state index is -4.74. The Morgan fingerprint density at radius 1 is 1.48 bits per heavy atom. The van der Waals surface area contributed by atoms with Gasteiger partial charge in [-0.25, -0.2) is 4.98 Å². The van der Waals surface area contributed by atoms with Gasteiger partial charge in [-0.05, 0) is 17.5 Å². The Bertz CT molecular complexity index is 989. The van der Waals surface area contributed by atoms with Gasteiger partial charge in [-0.3, -0.25) is 9.20 Å². The maximum absolute atomic E-state index is 13.2. The normalized spacial score (nSPS) is 11.5. The molecule has 0 saturated heterocycles. The molecule has 0 aliphatic heterocycles. The number of carbonyl (C=O) groups is 1. The van der Waals surface area contributed by atoms with Crippen LogP contribution in [0.15, 0.2) is 29.8 Å². The number of amides is 1. The maximum atomic E-state index is 13.2. The van der Waals surface area contributed by atoms with E-state index >= 15 is 0 Å². The molecule has 3 aromatic heterocycles. The quantitative estimate of drug-likeness (QED) is 0.745. The molecule has 10 heteroatoms. The van der Waals surface area contributed by atoms with E-state index in [1.165, 1.54) is 11.3 Å². The van der Waals surface area contributed by atoms with Crippen LogP contribution in [0.3, 0.4) is 0 Å². The van der Waals surface area contributed by atoms with Crippen molar-refractivity contribution in [1.82, 2.24) is 14.7 Å². The molecular weight excluding hydrogens is 377 g/mol. The summed E-state index contributed by atoms with van der Waals surface area (Å²) in [5.41, 5.74) is -2.24. The van der Waals surface area contributed by atoms with Gasteiger partial charge in [0.2, 0.25) is 0 Å². The second kappa shape index (κ2) is 6.38. The van der Waals surface area contributed by atoms with Gasteiger partial charge in [0.15, 0.2) is 11.3 Å². The van der Waals surface area contributed by atoms with Crippen LogP contribution in [-0.4, -0.2) is 15.3 Å². The van der Waals surface area contributed by atoms with E-state index in [4.69, 9.17) is 16.9 Å². The first-order valence-corrected chi connectivity index (χ1v) is 8.06. The third kappa shape index (κ3) is 3.31. The van der Waals surface area contributed by atoms with Gasteiger partial charge < -0.3 is 5.32 Å². The van der Waals surface area contributed by atoms with E-state index < -0.39 is 23.3 Å². The second-order valence-electron chi connectivity index (χ2n) is 4.96. The molecule has 0 radical (unpaired) electrons. The van der Waals surface area contributed by atoms with Crippen LogP contribution in [0.2, 0.25) is 5.15 Å². The molecule has 0 fully saturated rings. The highest BCUT2D eigenvalue weighted by molar-refractivity contribution is 7.09. The summed E-state index contributed by atoms with van der Waals surface area (Å²) in [5.74, 6) is -0.700. The number of aromatic nitrogens is 2. The molecule has 0 aliphatic carbocycles. The SMILES string of the molecule is N#Cc1cc(C(F)(F)F)c2nc(C(=O)NCc3cccs3)c(Cl)n2c1. The van der Waals surface area contributed by atoms with Crippen molar-refractivity contribution in [2.75, 3.05) is 0 Å². The number of alkyl halides is 3. The van der Waals surface area contributed by atoms with E-state index in [0.717, 1.165) is 15.5 Å². The van der Waals surface area contributed by atoms with Crippen molar-refractivity contribution in [3.63, 3.8) is 0 Å². The summed E-state index contributed by atoms with van der Waals surface area (Å²) in [7, 11) is 0. The van der Waals surface area contributed by atoms with Gasteiger partial charge in [0.05, 0.1) is 12.1 Å². The minimum Gasteiger partial charge on any atom is -0.346 e. The fraction of sp³-hybridized carbons (Fsp3) is 0.133. The highest BCUT2D eigenvalue weighted by Crippen LogP contribution is 2.34. The van der Waals surface area contributed by atoms with Crippen molar-refractivity contribution in [2.45, 2.75) is 12.7 Å². The zero-order valence-electron chi connectivity index (χ0n) is 12.3. The molecule has 1 N–H and O–H groups in total. The Kier molecular flexibility index (Phi) is 4.41. The van der Waals surface area contributed by atoms with Crippen LogP contribution >= 0.6 is 22.9 Å². The molecule has 25 heavy (non-hydrogen) atoms. The fourth-order valence-electron chi connectivity index (χ4n) is 2.20. The predicted molar refractivity (Wildman–Crippen MR) is 85.4 cm³/mol. The molecule has 0 saturated carbocycles. The highest BCUT2D eigenvalue weighted by Gasteiger charge is 2.36. The Morgan fingerprint density at radius 3 is 2.84 bits per heavy atom. The van der Waals surface area contributed by atoms with Gasteiger partial charge in [-0.15, -0.1) is 11.3 Å². The first kappa shape index (κ1) is 17.3. The van der Waals surface area contributed by atoms with Crippen LogP contribution in [-0.2, 0) is 12.7 Å². The van der Waals surface area contributed by atoms with Crippen molar-refractivity contribution < 1.29 is 18.0 Å². The molecule has 0 aliphatic rings. The van der Waals surface area contributed by atoms with Crippen molar-refractivity contribution in [2.24, 2.45) is 0 Å². The zero-order valence-corrected chi connectivity index (χ0v) is 13.8. The summed E-state index contributed by atoms with van der Waals surface area (Å²) in [6.07, 6.45) is -3.64. The fourth-order valence-corrected chi connectivity index (χ4v) is 3.10. The summed E-state index contributed by atoms with van der Waals surface area (Å²) >= 11 is 7.45. The van der Waals surface area contributed by atoms with E-state index in [9.17, 15) is 18.0 Å². The molecule has 3 aromatic rings. The lowest BCUT2D eigenvalue weighted by Crippen LogP contribution is -2.23. The van der Waals surface area contributed by atoms with Crippen LogP contribution in [0.5, 0.6) is 0 Å². The Morgan fingerprint density at radius 2 is 2.24 bits per heavy atom. The molecule has 0 unspecified atom stereocenters. The average Bonchev–Trinajstić information content (AvgIpc) is 3.19. The molecule has 1 amide bonds. The first-order valence-electron chi connectivity index (χ1n) is 6.80. The van der Waals surface area contributed by atoms with Crippen molar-refractivity contribution in [1.29, 1.82) is 5.26 Å². The van der Waals surface area contributed by atoms with Gasteiger partial charge >= 0.3 is 6.18 Å². The number of carbonyl (C=O) groups excluding carboxylic acids is 1. The molecule has 3 heterocycles. The number of thiophene rings is 1. The number of nitriles is 1. The lowest BCUT2D eigenvalue weighted by molar-refractivity contribution is -0.136. The smallest absolute Gasteiger partial charge is 0.346 e. The van der Waals surface area contributed by atoms with Gasteiger partial charge in [-0.2, -0.15) is 18.4 Å². The Labute approximate surface area is 148 Å². The van der Waals surface area contributed by atoms with Gasteiger partial charge in [0.25, 0.3) is 5.91 Å². The largest absolute Gasteiger partial charge is 0.420 e. The summed E-state index contributed by atoms with van der Waals surface area (Å²) in [6, 6.07) is 5.92. The van der Waals surface area contributed by atoms with E-state index in [1.807, 2.05) is 11.4 Å². The number of hydrogen-bond donors (Lipinski definition) is 1. The zero-order chi connectivity index (χ0) is 18.2. The molecule has 5 nitrogen and oxygen atoms in total. The van der Waals surface area contributed by atoms with E-state index in [-0.39, 0.29) is 23.0 Å². The number of rotatable bonds is 3. The van der Waals surface area contributed by atoms with Crippen LogP contribution in [0.25, 0.3) is 5.65 Å². The second-order valence-corrected chi connectivity index (χ2v) is 6.35. The number of pyridine rings is 1. The summed E-state index contributed by atoms with van der Waals surface area (Å²) in [6.45, 7) is 0.205. The molecule has 3 rings (SSSR count). The van der Waals surface area contributed by atoms with Crippen LogP contribution < -0.4 is 5.32 Å². The first-order chi connectivity index (χ1) is 11.8. The standard InChI is InChI=1S/C15H8ClF3N4OS/c16-12-11(14(24)21-6-9-2-1-3-25-9)22-13-10(15(17,18)19)4-8(5-20)7-23(12)13/h1-4,7H,6H2,(H,21,24). The molecule has 128 valence electrons. The van der Waals surface area contributed by atoms with Crippen molar-refractivity contribution in [3.8, 4) is 6.07 Å². The van der Waals surface area contributed by atoms with Crippen molar-refractivity contribution in [3.05, 3.63) is 56.6 Å². The van der Waals surface area contributed by atoms with Crippen LogP contribution in [0.1, 0.15) is 26.5 Å². The number of nitrogens with one attached hydrogen (secondary N) is 1.